The lowest BCUT2D eigenvalue weighted by atomic mass is 10.1. The predicted octanol–water partition coefficient (Wildman–Crippen LogP) is 2.09. The smallest absolute Gasteiger partial charge is 0.217 e. The lowest BCUT2D eigenvalue weighted by Gasteiger charge is -2.12. The van der Waals surface area contributed by atoms with Gasteiger partial charge in [0.05, 0.1) is 6.04 Å². The fraction of sp³-hybridized carbons (Fsp3) is 0.364. The van der Waals surface area contributed by atoms with Crippen LogP contribution in [-0.2, 0) is 11.2 Å². The molecule has 0 aliphatic heterocycles. The Bertz CT molecular complexity index is 417. The van der Waals surface area contributed by atoms with E-state index in [4.69, 9.17) is 0 Å². The molecule has 0 radical (unpaired) electrons. The van der Waals surface area contributed by atoms with Gasteiger partial charge >= 0.3 is 0 Å². The number of hydrogen-bond acceptors (Lipinski definition) is 1. The molecule has 1 aromatic rings. The first kappa shape index (κ1) is 10.1. The molecular formula is C11H11F2NO. The molecule has 2 rings (SSSR count). The molecule has 0 aromatic heterocycles. The lowest BCUT2D eigenvalue weighted by molar-refractivity contribution is -0.119. The van der Waals surface area contributed by atoms with E-state index < -0.39 is 11.6 Å². The molecule has 0 fully saturated rings. The van der Waals surface area contributed by atoms with Crippen LogP contribution in [0.2, 0.25) is 0 Å². The molecule has 1 amide bonds. The Morgan fingerprint density at radius 2 is 2.20 bits per heavy atom. The highest BCUT2D eigenvalue weighted by molar-refractivity contribution is 5.73. The van der Waals surface area contributed by atoms with E-state index in [1.54, 1.807) is 0 Å². The molecule has 4 heteroatoms. The molecule has 1 aliphatic carbocycles. The summed E-state index contributed by atoms with van der Waals surface area (Å²) in [5, 5.41) is 2.68. The highest BCUT2D eigenvalue weighted by atomic mass is 19.1. The van der Waals surface area contributed by atoms with Gasteiger partial charge in [-0.1, -0.05) is 0 Å². The van der Waals surface area contributed by atoms with E-state index in [0.29, 0.717) is 24.0 Å². The Balaban J connectivity index is 2.37. The summed E-state index contributed by atoms with van der Waals surface area (Å²) in [4.78, 5) is 10.9. The topological polar surface area (TPSA) is 29.1 Å². The Morgan fingerprint density at radius 1 is 1.47 bits per heavy atom. The normalized spacial score (nSPS) is 18.7. The number of rotatable bonds is 1. The number of benzene rings is 1. The number of nitrogens with one attached hydrogen (secondary N) is 1. The van der Waals surface area contributed by atoms with Crippen LogP contribution in [0.3, 0.4) is 0 Å². The summed E-state index contributed by atoms with van der Waals surface area (Å²) >= 11 is 0. The van der Waals surface area contributed by atoms with E-state index in [0.717, 1.165) is 6.07 Å². The fourth-order valence-electron chi connectivity index (χ4n) is 2.04. The second-order valence-electron chi connectivity index (χ2n) is 3.75. The molecule has 0 bridgehead atoms. The van der Waals surface area contributed by atoms with Crippen molar-refractivity contribution in [1.29, 1.82) is 0 Å². The molecule has 0 saturated heterocycles. The molecule has 0 heterocycles. The molecule has 1 atom stereocenters. The van der Waals surface area contributed by atoms with Gasteiger partial charge in [0.15, 0.2) is 0 Å². The Labute approximate surface area is 86.3 Å². The number of carbonyl (C=O) groups is 1. The molecule has 1 unspecified atom stereocenters. The average Bonchev–Trinajstić information content (AvgIpc) is 2.48. The van der Waals surface area contributed by atoms with Crippen molar-refractivity contribution in [2.45, 2.75) is 25.8 Å². The van der Waals surface area contributed by atoms with Gasteiger partial charge in [-0.25, -0.2) is 8.78 Å². The summed E-state index contributed by atoms with van der Waals surface area (Å²) in [7, 11) is 0. The van der Waals surface area contributed by atoms with Crippen LogP contribution in [0.15, 0.2) is 12.1 Å². The average molecular weight is 211 g/mol. The number of halogens is 2. The van der Waals surface area contributed by atoms with E-state index >= 15 is 0 Å². The first-order valence-electron chi connectivity index (χ1n) is 4.83. The summed E-state index contributed by atoms with van der Waals surface area (Å²) in [6.07, 6.45) is 1.18. The highest BCUT2D eigenvalue weighted by Crippen LogP contribution is 2.33. The zero-order valence-corrected chi connectivity index (χ0v) is 8.31. The van der Waals surface area contributed by atoms with Gasteiger partial charge in [-0.2, -0.15) is 0 Å². The van der Waals surface area contributed by atoms with Crippen molar-refractivity contribution in [3.05, 3.63) is 34.9 Å². The Morgan fingerprint density at radius 3 is 2.87 bits per heavy atom. The molecule has 15 heavy (non-hydrogen) atoms. The van der Waals surface area contributed by atoms with Crippen LogP contribution in [-0.4, -0.2) is 5.91 Å². The lowest BCUT2D eigenvalue weighted by Crippen LogP contribution is -2.24. The number of amides is 1. The second-order valence-corrected chi connectivity index (χ2v) is 3.75. The van der Waals surface area contributed by atoms with Crippen molar-refractivity contribution in [3.8, 4) is 0 Å². The third-order valence-corrected chi connectivity index (χ3v) is 2.63. The van der Waals surface area contributed by atoms with E-state index in [9.17, 15) is 13.6 Å². The van der Waals surface area contributed by atoms with Gasteiger partial charge in [0, 0.05) is 13.0 Å². The molecule has 0 saturated carbocycles. The van der Waals surface area contributed by atoms with E-state index in [1.807, 2.05) is 0 Å². The summed E-state index contributed by atoms with van der Waals surface area (Å²) < 4.78 is 26.3. The van der Waals surface area contributed by atoms with Crippen molar-refractivity contribution < 1.29 is 13.6 Å². The molecule has 2 nitrogen and oxygen atoms in total. The maximum Gasteiger partial charge on any atom is 0.217 e. The highest BCUT2D eigenvalue weighted by Gasteiger charge is 2.26. The van der Waals surface area contributed by atoms with E-state index in [-0.39, 0.29) is 11.9 Å². The van der Waals surface area contributed by atoms with Crippen LogP contribution in [0, 0.1) is 11.6 Å². The van der Waals surface area contributed by atoms with Gasteiger partial charge in [0.1, 0.15) is 11.6 Å². The third kappa shape index (κ3) is 1.84. The monoisotopic (exact) mass is 211 g/mol. The number of hydrogen-bond donors (Lipinski definition) is 1. The minimum Gasteiger partial charge on any atom is -0.350 e. The molecule has 0 spiro atoms. The molecule has 80 valence electrons. The van der Waals surface area contributed by atoms with Crippen LogP contribution in [0.4, 0.5) is 8.78 Å². The van der Waals surface area contributed by atoms with Gasteiger partial charge in [0.25, 0.3) is 0 Å². The van der Waals surface area contributed by atoms with E-state index in [2.05, 4.69) is 5.32 Å². The van der Waals surface area contributed by atoms with E-state index in [1.165, 1.54) is 13.0 Å². The van der Waals surface area contributed by atoms with Crippen LogP contribution in [0.1, 0.15) is 30.5 Å². The van der Waals surface area contributed by atoms with Gasteiger partial charge in [-0.15, -0.1) is 0 Å². The summed E-state index contributed by atoms with van der Waals surface area (Å²) in [6.45, 7) is 1.40. The minimum absolute atomic E-state index is 0.183. The minimum atomic E-state index is -0.594. The second kappa shape index (κ2) is 3.61. The standard InChI is InChI=1S/C11H11F2NO/c1-6(15)14-11-3-2-8-9(11)4-7(12)5-10(8)13/h4-5,11H,2-3H2,1H3,(H,14,15). The van der Waals surface area contributed by atoms with Gasteiger partial charge < -0.3 is 5.32 Å². The van der Waals surface area contributed by atoms with Crippen molar-refractivity contribution in [2.24, 2.45) is 0 Å². The maximum absolute atomic E-state index is 13.3. The first-order valence-corrected chi connectivity index (χ1v) is 4.83. The van der Waals surface area contributed by atoms with Crippen molar-refractivity contribution in [1.82, 2.24) is 5.32 Å². The Kier molecular flexibility index (Phi) is 2.42. The zero-order chi connectivity index (χ0) is 11.0. The molecule has 1 N–H and O–H groups in total. The van der Waals surface area contributed by atoms with Crippen LogP contribution in [0.5, 0.6) is 0 Å². The quantitative estimate of drug-likeness (QED) is 0.757. The fourth-order valence-corrected chi connectivity index (χ4v) is 2.04. The summed E-state index contributed by atoms with van der Waals surface area (Å²) in [6, 6.07) is 1.93. The van der Waals surface area contributed by atoms with Gasteiger partial charge in [-0.05, 0) is 30.0 Å². The van der Waals surface area contributed by atoms with Gasteiger partial charge in [-0.3, -0.25) is 4.79 Å². The SMILES string of the molecule is CC(=O)NC1CCc2c(F)cc(F)cc21. The number of carbonyl (C=O) groups excluding carboxylic acids is 1. The van der Waals surface area contributed by atoms with Crippen molar-refractivity contribution >= 4 is 5.91 Å². The molecular weight excluding hydrogens is 200 g/mol. The van der Waals surface area contributed by atoms with Crippen molar-refractivity contribution in [2.75, 3.05) is 0 Å². The van der Waals surface area contributed by atoms with Gasteiger partial charge in [0.2, 0.25) is 5.91 Å². The summed E-state index contributed by atoms with van der Waals surface area (Å²) in [5.74, 6) is -1.29. The molecule has 1 aliphatic rings. The maximum atomic E-state index is 13.3. The van der Waals surface area contributed by atoms with Crippen LogP contribution < -0.4 is 5.32 Å². The third-order valence-electron chi connectivity index (χ3n) is 2.63. The molecule has 1 aromatic carbocycles. The Hall–Kier alpha value is -1.45. The summed E-state index contributed by atoms with van der Waals surface area (Å²) in [5.41, 5.74) is 1.10. The largest absolute Gasteiger partial charge is 0.350 e. The van der Waals surface area contributed by atoms with Crippen LogP contribution >= 0.6 is 0 Å². The first-order chi connectivity index (χ1) is 7.08. The van der Waals surface area contributed by atoms with Crippen LogP contribution in [0.25, 0.3) is 0 Å². The predicted molar refractivity (Wildman–Crippen MR) is 51.2 cm³/mol. The number of fused-ring (bicyclic) bond motifs is 1. The van der Waals surface area contributed by atoms with Crippen molar-refractivity contribution in [3.63, 3.8) is 0 Å². The zero-order valence-electron chi connectivity index (χ0n) is 8.31.